The molecular formula is C10H8ClN3O2. The fourth-order valence-corrected chi connectivity index (χ4v) is 1.74. The van der Waals surface area contributed by atoms with Crippen LogP contribution in [0, 0.1) is 6.92 Å². The van der Waals surface area contributed by atoms with E-state index >= 15 is 0 Å². The topological polar surface area (TPSA) is 89.1 Å². The van der Waals surface area contributed by atoms with Gasteiger partial charge in [0.15, 0.2) is 5.69 Å². The van der Waals surface area contributed by atoms with E-state index in [0.29, 0.717) is 15.9 Å². The lowest BCUT2D eigenvalue weighted by Crippen LogP contribution is -2.08. The molecule has 0 radical (unpaired) electrons. The Morgan fingerprint density at radius 1 is 1.44 bits per heavy atom. The Bertz CT molecular complexity index is 598. The van der Waals surface area contributed by atoms with Crippen molar-refractivity contribution in [2.24, 2.45) is 0 Å². The van der Waals surface area contributed by atoms with Gasteiger partial charge in [-0.15, -0.1) is 10.2 Å². The fourth-order valence-electron chi connectivity index (χ4n) is 1.49. The quantitative estimate of drug-likeness (QED) is 0.790. The van der Waals surface area contributed by atoms with Gasteiger partial charge in [0.1, 0.15) is 0 Å². The molecule has 0 bridgehead atoms. The van der Waals surface area contributed by atoms with Gasteiger partial charge in [0.2, 0.25) is 0 Å². The number of nitrogens with zero attached hydrogens (tertiary/aromatic N) is 2. The van der Waals surface area contributed by atoms with Crippen LogP contribution in [0.5, 0.6) is 0 Å². The predicted molar refractivity (Wildman–Crippen MR) is 60.7 cm³/mol. The Hall–Kier alpha value is -1.88. The van der Waals surface area contributed by atoms with Crippen LogP contribution >= 0.6 is 11.6 Å². The zero-order valence-corrected chi connectivity index (χ0v) is 9.12. The van der Waals surface area contributed by atoms with Crippen LogP contribution in [0.15, 0.2) is 12.1 Å². The summed E-state index contributed by atoms with van der Waals surface area (Å²) < 4.78 is 0. The minimum Gasteiger partial charge on any atom is -0.476 e. The Balaban J connectivity index is 2.94. The molecule has 0 aliphatic heterocycles. The molecule has 1 aromatic heterocycles. The molecular weight excluding hydrogens is 230 g/mol. The molecule has 0 aliphatic carbocycles. The van der Waals surface area contributed by atoms with Crippen molar-refractivity contribution >= 4 is 34.2 Å². The summed E-state index contributed by atoms with van der Waals surface area (Å²) in [7, 11) is 0. The number of aryl methyl sites for hydroxylation is 1. The fraction of sp³-hybridized carbons (Fsp3) is 0.100. The van der Waals surface area contributed by atoms with Gasteiger partial charge < -0.3 is 10.8 Å². The van der Waals surface area contributed by atoms with E-state index in [2.05, 4.69) is 10.2 Å². The van der Waals surface area contributed by atoms with Gasteiger partial charge in [-0.3, -0.25) is 0 Å². The van der Waals surface area contributed by atoms with Crippen LogP contribution in [0.3, 0.4) is 0 Å². The third-order valence-electron chi connectivity index (χ3n) is 2.31. The smallest absolute Gasteiger partial charge is 0.358 e. The van der Waals surface area contributed by atoms with E-state index in [9.17, 15) is 4.79 Å². The highest BCUT2D eigenvalue weighted by Gasteiger charge is 2.16. The molecule has 0 unspecified atom stereocenters. The summed E-state index contributed by atoms with van der Waals surface area (Å²) in [4.78, 5) is 10.8. The van der Waals surface area contributed by atoms with Crippen molar-refractivity contribution in [3.05, 3.63) is 28.4 Å². The second-order valence-electron chi connectivity index (χ2n) is 3.36. The standard InChI is InChI=1S/C10H8ClN3O2/c1-4-2-3-5(11)6-7(12)9(10(15)16)14-13-8(4)6/h2-3H,1H3,(H2,12,13)(H,15,16). The number of aromatic nitrogens is 2. The molecule has 3 N–H and O–H groups in total. The van der Waals surface area contributed by atoms with Crippen LogP contribution in [0.2, 0.25) is 5.02 Å². The molecule has 0 amide bonds. The van der Waals surface area contributed by atoms with Crippen molar-refractivity contribution in [1.29, 1.82) is 0 Å². The number of benzene rings is 1. The number of carboxylic acid groups (broad SMARTS) is 1. The van der Waals surface area contributed by atoms with Gasteiger partial charge in [0.25, 0.3) is 0 Å². The van der Waals surface area contributed by atoms with E-state index in [1.807, 2.05) is 6.92 Å². The number of rotatable bonds is 1. The maximum absolute atomic E-state index is 10.8. The predicted octanol–water partition coefficient (Wildman–Crippen LogP) is 1.87. The van der Waals surface area contributed by atoms with E-state index in [-0.39, 0.29) is 11.4 Å². The first-order valence-electron chi connectivity index (χ1n) is 4.46. The summed E-state index contributed by atoms with van der Waals surface area (Å²) in [6.07, 6.45) is 0. The molecule has 1 heterocycles. The van der Waals surface area contributed by atoms with Crippen molar-refractivity contribution in [3.8, 4) is 0 Å². The SMILES string of the molecule is Cc1ccc(Cl)c2c(N)c(C(=O)O)nnc12. The Morgan fingerprint density at radius 3 is 2.75 bits per heavy atom. The average Bonchev–Trinajstić information content (AvgIpc) is 2.23. The molecule has 0 spiro atoms. The molecule has 0 atom stereocenters. The van der Waals surface area contributed by atoms with Crippen LogP contribution in [-0.2, 0) is 0 Å². The second kappa shape index (κ2) is 3.61. The molecule has 5 nitrogen and oxygen atoms in total. The van der Waals surface area contributed by atoms with E-state index in [1.54, 1.807) is 12.1 Å². The first-order valence-corrected chi connectivity index (χ1v) is 4.84. The third kappa shape index (κ3) is 1.45. The van der Waals surface area contributed by atoms with E-state index in [1.165, 1.54) is 0 Å². The van der Waals surface area contributed by atoms with Crippen LogP contribution in [-0.4, -0.2) is 21.3 Å². The highest BCUT2D eigenvalue weighted by molar-refractivity contribution is 6.36. The zero-order chi connectivity index (χ0) is 11.9. The van der Waals surface area contributed by atoms with Crippen molar-refractivity contribution in [2.45, 2.75) is 6.92 Å². The largest absolute Gasteiger partial charge is 0.476 e. The Morgan fingerprint density at radius 2 is 2.12 bits per heavy atom. The first-order chi connectivity index (χ1) is 7.52. The zero-order valence-electron chi connectivity index (χ0n) is 8.36. The normalized spacial score (nSPS) is 10.6. The van der Waals surface area contributed by atoms with E-state index in [0.717, 1.165) is 5.56 Å². The van der Waals surface area contributed by atoms with E-state index < -0.39 is 5.97 Å². The highest BCUT2D eigenvalue weighted by atomic mass is 35.5. The number of anilines is 1. The molecule has 82 valence electrons. The maximum Gasteiger partial charge on any atom is 0.358 e. The number of hydrogen-bond donors (Lipinski definition) is 2. The van der Waals surface area contributed by atoms with E-state index in [4.69, 9.17) is 22.4 Å². The summed E-state index contributed by atoms with van der Waals surface area (Å²) in [5.74, 6) is -1.22. The van der Waals surface area contributed by atoms with Gasteiger partial charge in [0, 0.05) is 5.39 Å². The van der Waals surface area contributed by atoms with Crippen LogP contribution in [0.4, 0.5) is 5.69 Å². The lowest BCUT2D eigenvalue weighted by atomic mass is 10.1. The van der Waals surface area contributed by atoms with Crippen LogP contribution in [0.1, 0.15) is 16.1 Å². The molecule has 0 fully saturated rings. The number of carbonyl (C=O) groups is 1. The Labute approximate surface area is 95.8 Å². The molecule has 0 aliphatic rings. The third-order valence-corrected chi connectivity index (χ3v) is 2.62. The molecule has 16 heavy (non-hydrogen) atoms. The minimum atomic E-state index is -1.22. The van der Waals surface area contributed by atoms with Crippen LogP contribution in [0.25, 0.3) is 10.9 Å². The first kappa shape index (κ1) is 10.6. The lowest BCUT2D eigenvalue weighted by molar-refractivity contribution is 0.0691. The van der Waals surface area contributed by atoms with Gasteiger partial charge in [-0.25, -0.2) is 4.79 Å². The number of carboxylic acids is 1. The molecule has 6 heteroatoms. The average molecular weight is 238 g/mol. The number of nitrogen functional groups attached to an aromatic ring is 1. The highest BCUT2D eigenvalue weighted by Crippen LogP contribution is 2.30. The van der Waals surface area contributed by atoms with Crippen molar-refractivity contribution in [3.63, 3.8) is 0 Å². The number of aromatic carboxylic acids is 1. The molecule has 2 rings (SSSR count). The molecule has 0 saturated heterocycles. The number of nitrogens with two attached hydrogens (primary N) is 1. The summed E-state index contributed by atoms with van der Waals surface area (Å²) in [6, 6.07) is 3.43. The lowest BCUT2D eigenvalue weighted by Gasteiger charge is -2.07. The summed E-state index contributed by atoms with van der Waals surface area (Å²) in [5.41, 5.74) is 6.86. The van der Waals surface area contributed by atoms with Gasteiger partial charge in [-0.1, -0.05) is 17.7 Å². The number of halogens is 1. The molecule has 2 aromatic rings. The minimum absolute atomic E-state index is 0.0474. The van der Waals surface area contributed by atoms with Crippen LogP contribution < -0.4 is 5.73 Å². The Kier molecular flexibility index (Phi) is 2.40. The van der Waals surface area contributed by atoms with Gasteiger partial charge in [0.05, 0.1) is 16.2 Å². The number of hydrogen-bond acceptors (Lipinski definition) is 4. The maximum atomic E-state index is 10.8. The van der Waals surface area contributed by atoms with Crippen molar-refractivity contribution < 1.29 is 9.90 Å². The van der Waals surface area contributed by atoms with Crippen molar-refractivity contribution in [1.82, 2.24) is 10.2 Å². The molecule has 0 saturated carbocycles. The van der Waals surface area contributed by atoms with Gasteiger partial charge in [-0.2, -0.15) is 0 Å². The van der Waals surface area contributed by atoms with Gasteiger partial charge >= 0.3 is 5.97 Å². The monoisotopic (exact) mass is 237 g/mol. The van der Waals surface area contributed by atoms with Crippen molar-refractivity contribution in [2.75, 3.05) is 5.73 Å². The summed E-state index contributed by atoms with van der Waals surface area (Å²) in [5, 5.41) is 17.1. The number of fused-ring (bicyclic) bond motifs is 1. The second-order valence-corrected chi connectivity index (χ2v) is 3.76. The molecule has 1 aromatic carbocycles. The van der Waals surface area contributed by atoms with Gasteiger partial charge in [-0.05, 0) is 18.6 Å². The summed E-state index contributed by atoms with van der Waals surface area (Å²) >= 11 is 5.97. The summed E-state index contributed by atoms with van der Waals surface area (Å²) in [6.45, 7) is 1.83.